The van der Waals surface area contributed by atoms with Gasteiger partial charge in [0, 0.05) is 6.54 Å². The predicted molar refractivity (Wildman–Crippen MR) is 72.5 cm³/mol. The van der Waals surface area contributed by atoms with Gasteiger partial charge in [0.05, 0.1) is 12.8 Å². The van der Waals surface area contributed by atoms with Crippen LogP contribution in [0.3, 0.4) is 0 Å². The van der Waals surface area contributed by atoms with Gasteiger partial charge >= 0.3 is 6.03 Å². The summed E-state index contributed by atoms with van der Waals surface area (Å²) in [6.45, 7) is 2.17. The number of para-hydroxylation sites is 2. The first kappa shape index (κ1) is 14.0. The molecule has 0 atom stereocenters. The number of urea groups is 1. The number of anilines is 1. The molecule has 1 fully saturated rings. The Morgan fingerprint density at radius 2 is 1.85 bits per heavy atom. The second kappa shape index (κ2) is 5.73. The lowest BCUT2D eigenvalue weighted by Gasteiger charge is -2.33. The molecule has 1 saturated heterocycles. The number of methoxy groups -OCH3 is 1. The van der Waals surface area contributed by atoms with Crippen molar-refractivity contribution in [3.8, 4) is 5.75 Å². The second-order valence-corrected chi connectivity index (χ2v) is 4.41. The van der Waals surface area contributed by atoms with Crippen molar-refractivity contribution in [1.82, 2.24) is 4.90 Å². The van der Waals surface area contributed by atoms with Gasteiger partial charge in [-0.3, -0.25) is 14.5 Å². The van der Waals surface area contributed by atoms with E-state index < -0.39 is 17.8 Å². The highest BCUT2D eigenvalue weighted by molar-refractivity contribution is 6.26. The Balaban J connectivity index is 2.41. The van der Waals surface area contributed by atoms with Crippen molar-refractivity contribution < 1.29 is 19.1 Å². The number of hydrogen-bond donors (Lipinski definition) is 0. The molecule has 0 saturated carbocycles. The summed E-state index contributed by atoms with van der Waals surface area (Å²) >= 11 is 0. The van der Waals surface area contributed by atoms with Crippen molar-refractivity contribution in [1.29, 1.82) is 0 Å². The van der Waals surface area contributed by atoms with Crippen LogP contribution in [0.25, 0.3) is 0 Å². The molecule has 2 rings (SSSR count). The Bertz CT molecular complexity index is 556. The number of hydrogen-bond acceptors (Lipinski definition) is 4. The topological polar surface area (TPSA) is 66.9 Å². The minimum Gasteiger partial charge on any atom is -0.495 e. The van der Waals surface area contributed by atoms with Gasteiger partial charge in [0.1, 0.15) is 12.2 Å². The van der Waals surface area contributed by atoms with Crippen LogP contribution in [0.4, 0.5) is 10.5 Å². The van der Waals surface area contributed by atoms with E-state index >= 15 is 0 Å². The number of ether oxygens (including phenoxy) is 1. The van der Waals surface area contributed by atoms with E-state index in [-0.39, 0.29) is 6.42 Å². The van der Waals surface area contributed by atoms with Crippen LogP contribution in [-0.2, 0) is 9.59 Å². The highest BCUT2D eigenvalue weighted by Crippen LogP contribution is 2.30. The maximum Gasteiger partial charge on any atom is 0.338 e. The Kier molecular flexibility index (Phi) is 4.02. The van der Waals surface area contributed by atoms with Crippen molar-refractivity contribution in [3.63, 3.8) is 0 Å². The Morgan fingerprint density at radius 3 is 2.50 bits per heavy atom. The fourth-order valence-corrected chi connectivity index (χ4v) is 2.13. The molecule has 1 aromatic carbocycles. The van der Waals surface area contributed by atoms with Gasteiger partial charge in [-0.15, -0.1) is 0 Å². The summed E-state index contributed by atoms with van der Waals surface area (Å²) in [7, 11) is 1.46. The lowest BCUT2D eigenvalue weighted by Crippen LogP contribution is -2.55. The van der Waals surface area contributed by atoms with Gasteiger partial charge in [0.15, 0.2) is 0 Å². The molecule has 1 heterocycles. The Labute approximate surface area is 116 Å². The van der Waals surface area contributed by atoms with Crippen LogP contribution in [0.2, 0.25) is 0 Å². The molecule has 0 spiro atoms. The zero-order valence-corrected chi connectivity index (χ0v) is 11.5. The van der Waals surface area contributed by atoms with E-state index in [4.69, 9.17) is 4.74 Å². The van der Waals surface area contributed by atoms with Crippen molar-refractivity contribution in [2.75, 3.05) is 18.6 Å². The van der Waals surface area contributed by atoms with Gasteiger partial charge in [0.2, 0.25) is 11.8 Å². The molecular weight excluding hydrogens is 260 g/mol. The number of nitrogens with zero attached hydrogens (tertiary/aromatic N) is 2. The van der Waals surface area contributed by atoms with E-state index in [9.17, 15) is 14.4 Å². The lowest BCUT2D eigenvalue weighted by atomic mass is 10.2. The molecule has 1 aliphatic heterocycles. The summed E-state index contributed by atoms with van der Waals surface area (Å²) < 4.78 is 5.17. The van der Waals surface area contributed by atoms with E-state index in [1.54, 1.807) is 24.3 Å². The average Bonchev–Trinajstić information content (AvgIpc) is 2.44. The fourth-order valence-electron chi connectivity index (χ4n) is 2.13. The van der Waals surface area contributed by atoms with Crippen LogP contribution in [0, 0.1) is 0 Å². The molecule has 4 amide bonds. The van der Waals surface area contributed by atoms with Gasteiger partial charge in [-0.1, -0.05) is 19.1 Å². The monoisotopic (exact) mass is 276 g/mol. The zero-order chi connectivity index (χ0) is 14.7. The summed E-state index contributed by atoms with van der Waals surface area (Å²) in [5.74, 6) is -0.565. The quantitative estimate of drug-likeness (QED) is 0.786. The summed E-state index contributed by atoms with van der Waals surface area (Å²) in [6.07, 6.45) is 0.342. The smallest absolute Gasteiger partial charge is 0.338 e. The number of amides is 4. The molecule has 1 aliphatic rings. The van der Waals surface area contributed by atoms with Crippen LogP contribution >= 0.6 is 0 Å². The zero-order valence-electron chi connectivity index (χ0n) is 11.5. The summed E-state index contributed by atoms with van der Waals surface area (Å²) in [6, 6.07) is 6.12. The van der Waals surface area contributed by atoms with Gasteiger partial charge < -0.3 is 4.74 Å². The van der Waals surface area contributed by atoms with Crippen molar-refractivity contribution in [2.24, 2.45) is 0 Å². The standard InChI is InChI=1S/C14H16N2O4/c1-3-8-15-12(17)9-13(18)16(14(15)19)10-6-4-5-7-11(10)20-2/h4-7H,3,8-9H2,1-2H3. The van der Waals surface area contributed by atoms with E-state index in [1.165, 1.54) is 7.11 Å². The normalized spacial score (nSPS) is 15.8. The number of carbonyl (C=O) groups is 3. The molecule has 6 heteroatoms. The van der Waals surface area contributed by atoms with Crippen LogP contribution in [0.15, 0.2) is 24.3 Å². The molecule has 6 nitrogen and oxygen atoms in total. The SMILES string of the molecule is CCCN1C(=O)CC(=O)N(c2ccccc2OC)C1=O. The van der Waals surface area contributed by atoms with Gasteiger partial charge in [-0.2, -0.15) is 0 Å². The second-order valence-electron chi connectivity index (χ2n) is 4.41. The van der Waals surface area contributed by atoms with Crippen LogP contribution in [0.1, 0.15) is 19.8 Å². The molecule has 0 aliphatic carbocycles. The number of imide groups is 2. The van der Waals surface area contributed by atoms with Gasteiger partial charge in [0.25, 0.3) is 0 Å². The van der Waals surface area contributed by atoms with Crippen LogP contribution < -0.4 is 9.64 Å². The molecule has 0 radical (unpaired) electrons. The van der Waals surface area contributed by atoms with E-state index in [0.717, 1.165) is 9.80 Å². The van der Waals surface area contributed by atoms with Crippen molar-refractivity contribution in [2.45, 2.75) is 19.8 Å². The largest absolute Gasteiger partial charge is 0.495 e. The summed E-state index contributed by atoms with van der Waals surface area (Å²) in [5, 5.41) is 0. The van der Waals surface area contributed by atoms with Crippen LogP contribution in [0.5, 0.6) is 5.75 Å². The lowest BCUT2D eigenvalue weighted by molar-refractivity contribution is -0.134. The maximum absolute atomic E-state index is 12.4. The van der Waals surface area contributed by atoms with E-state index in [0.29, 0.717) is 24.4 Å². The maximum atomic E-state index is 12.4. The number of rotatable bonds is 4. The van der Waals surface area contributed by atoms with E-state index in [1.807, 2.05) is 6.92 Å². The predicted octanol–water partition coefficient (Wildman–Crippen LogP) is 1.79. The number of carbonyl (C=O) groups excluding carboxylic acids is 3. The third-order valence-corrected chi connectivity index (χ3v) is 3.05. The number of benzene rings is 1. The van der Waals surface area contributed by atoms with Gasteiger partial charge in [-0.05, 0) is 18.6 Å². The third-order valence-electron chi connectivity index (χ3n) is 3.05. The minimum atomic E-state index is -0.613. The minimum absolute atomic E-state index is 0.302. The third kappa shape index (κ3) is 2.36. The molecule has 106 valence electrons. The summed E-state index contributed by atoms with van der Waals surface area (Å²) in [5.41, 5.74) is 0.360. The highest BCUT2D eigenvalue weighted by Gasteiger charge is 2.39. The highest BCUT2D eigenvalue weighted by atomic mass is 16.5. The molecule has 0 bridgehead atoms. The van der Waals surface area contributed by atoms with Crippen LogP contribution in [-0.4, -0.2) is 36.4 Å². The molecule has 1 aromatic rings. The molecule has 0 unspecified atom stereocenters. The Hall–Kier alpha value is -2.37. The van der Waals surface area contributed by atoms with Crippen molar-refractivity contribution >= 4 is 23.5 Å². The first-order valence-corrected chi connectivity index (χ1v) is 6.40. The van der Waals surface area contributed by atoms with Crippen molar-refractivity contribution in [3.05, 3.63) is 24.3 Å². The van der Waals surface area contributed by atoms with Gasteiger partial charge in [-0.25, -0.2) is 9.69 Å². The first-order chi connectivity index (χ1) is 9.60. The molecule has 0 aromatic heterocycles. The molecule has 0 N–H and O–H groups in total. The molecule has 20 heavy (non-hydrogen) atoms. The first-order valence-electron chi connectivity index (χ1n) is 6.40. The number of barbiturate groups is 1. The Morgan fingerprint density at radius 1 is 1.15 bits per heavy atom. The average molecular weight is 276 g/mol. The summed E-state index contributed by atoms with van der Waals surface area (Å²) in [4.78, 5) is 38.3. The fraction of sp³-hybridized carbons (Fsp3) is 0.357. The molecular formula is C14H16N2O4. The van der Waals surface area contributed by atoms with E-state index in [2.05, 4.69) is 0 Å².